The van der Waals surface area contributed by atoms with E-state index < -0.39 is 5.97 Å². The van der Waals surface area contributed by atoms with Crippen LogP contribution in [0.2, 0.25) is 0 Å². The molecule has 3 aromatic rings. The maximum Gasteiger partial charge on any atom is 0.335 e. The molecule has 106 valence electrons. The number of aryl methyl sites for hydroxylation is 2. The van der Waals surface area contributed by atoms with Crippen molar-refractivity contribution in [1.82, 2.24) is 9.55 Å². The molecule has 0 saturated heterocycles. The Balaban J connectivity index is 2.00. The van der Waals surface area contributed by atoms with Crippen molar-refractivity contribution >= 4 is 17.0 Å². The summed E-state index contributed by atoms with van der Waals surface area (Å²) in [6, 6.07) is 11.2. The highest BCUT2D eigenvalue weighted by Gasteiger charge is 2.07. The van der Waals surface area contributed by atoms with E-state index in [1.807, 2.05) is 10.6 Å². The molecule has 1 N–H and O–H groups in total. The number of benzene rings is 2. The topological polar surface area (TPSA) is 55.1 Å². The van der Waals surface area contributed by atoms with Crippen molar-refractivity contribution in [2.45, 2.75) is 20.4 Å². The number of aromatic carboxylic acids is 1. The van der Waals surface area contributed by atoms with E-state index in [2.05, 4.69) is 31.0 Å². The summed E-state index contributed by atoms with van der Waals surface area (Å²) in [6.45, 7) is 4.77. The molecule has 0 radical (unpaired) electrons. The molecule has 1 heterocycles. The summed E-state index contributed by atoms with van der Waals surface area (Å²) in [5.74, 6) is -0.904. The fraction of sp³-hybridized carbons (Fsp3) is 0.176. The number of carboxylic acid groups (broad SMARTS) is 1. The molecular weight excluding hydrogens is 264 g/mol. The zero-order chi connectivity index (χ0) is 15.0. The summed E-state index contributed by atoms with van der Waals surface area (Å²) in [4.78, 5) is 15.5. The van der Waals surface area contributed by atoms with Gasteiger partial charge in [0.15, 0.2) is 0 Å². The highest BCUT2D eigenvalue weighted by molar-refractivity contribution is 5.87. The molecule has 4 heteroatoms. The maximum atomic E-state index is 11.0. The Morgan fingerprint density at radius 2 is 1.95 bits per heavy atom. The van der Waals surface area contributed by atoms with Gasteiger partial charge in [0, 0.05) is 6.54 Å². The Hall–Kier alpha value is -2.62. The lowest BCUT2D eigenvalue weighted by Gasteiger charge is -2.07. The molecule has 0 aliphatic carbocycles. The summed E-state index contributed by atoms with van der Waals surface area (Å²) in [7, 11) is 0. The van der Waals surface area contributed by atoms with Crippen LogP contribution in [0.3, 0.4) is 0 Å². The maximum absolute atomic E-state index is 11.0. The van der Waals surface area contributed by atoms with Crippen molar-refractivity contribution in [2.24, 2.45) is 0 Å². The van der Waals surface area contributed by atoms with Crippen LogP contribution >= 0.6 is 0 Å². The number of hydrogen-bond acceptors (Lipinski definition) is 2. The van der Waals surface area contributed by atoms with E-state index >= 15 is 0 Å². The fourth-order valence-corrected chi connectivity index (χ4v) is 2.44. The number of aromatic nitrogens is 2. The molecule has 0 unspecified atom stereocenters. The predicted octanol–water partition coefficient (Wildman–Crippen LogP) is 3.40. The van der Waals surface area contributed by atoms with Crippen molar-refractivity contribution < 1.29 is 9.90 Å². The Kier molecular flexibility index (Phi) is 3.22. The molecular formula is C17H16N2O2. The quantitative estimate of drug-likeness (QED) is 0.800. The third kappa shape index (κ3) is 2.52. The van der Waals surface area contributed by atoms with Gasteiger partial charge < -0.3 is 9.67 Å². The Bertz CT molecular complexity index is 834. The van der Waals surface area contributed by atoms with Crippen LogP contribution in [0.5, 0.6) is 0 Å². The molecule has 21 heavy (non-hydrogen) atoms. The van der Waals surface area contributed by atoms with Gasteiger partial charge in [0.2, 0.25) is 0 Å². The Morgan fingerprint density at radius 1 is 1.19 bits per heavy atom. The largest absolute Gasteiger partial charge is 0.478 e. The minimum absolute atomic E-state index is 0.309. The van der Waals surface area contributed by atoms with Crippen LogP contribution in [0.4, 0.5) is 0 Å². The molecule has 0 bridgehead atoms. The van der Waals surface area contributed by atoms with Crippen molar-refractivity contribution in [1.29, 1.82) is 0 Å². The van der Waals surface area contributed by atoms with Crippen molar-refractivity contribution in [3.8, 4) is 0 Å². The third-order valence-corrected chi connectivity index (χ3v) is 3.76. The SMILES string of the molecule is Cc1cc2ncn(Cc3cccc(C(=O)O)c3)c2cc1C. The Morgan fingerprint density at radius 3 is 2.71 bits per heavy atom. The normalized spacial score (nSPS) is 11.0. The van der Waals surface area contributed by atoms with E-state index in [1.165, 1.54) is 11.1 Å². The highest BCUT2D eigenvalue weighted by Crippen LogP contribution is 2.19. The lowest BCUT2D eigenvalue weighted by molar-refractivity contribution is 0.0696. The molecule has 0 aliphatic heterocycles. The van der Waals surface area contributed by atoms with Gasteiger partial charge in [-0.05, 0) is 54.8 Å². The summed E-state index contributed by atoms with van der Waals surface area (Å²) < 4.78 is 2.04. The van der Waals surface area contributed by atoms with E-state index in [9.17, 15) is 4.79 Å². The van der Waals surface area contributed by atoms with E-state index in [0.29, 0.717) is 12.1 Å². The fourth-order valence-electron chi connectivity index (χ4n) is 2.44. The van der Waals surface area contributed by atoms with Crippen LogP contribution in [0, 0.1) is 13.8 Å². The second-order valence-corrected chi connectivity index (χ2v) is 5.30. The van der Waals surface area contributed by atoms with Crippen LogP contribution in [-0.2, 0) is 6.54 Å². The second kappa shape index (κ2) is 5.05. The average molecular weight is 280 g/mol. The number of carboxylic acids is 1. The number of imidazole rings is 1. The van der Waals surface area contributed by atoms with Crippen molar-refractivity contribution in [3.05, 3.63) is 65.0 Å². The van der Waals surface area contributed by atoms with Crippen LogP contribution in [0.25, 0.3) is 11.0 Å². The first-order valence-corrected chi connectivity index (χ1v) is 6.79. The minimum Gasteiger partial charge on any atom is -0.478 e. The molecule has 0 atom stereocenters. The summed E-state index contributed by atoms with van der Waals surface area (Å²) in [5.41, 5.74) is 5.74. The second-order valence-electron chi connectivity index (χ2n) is 5.30. The van der Waals surface area contributed by atoms with Gasteiger partial charge in [-0.25, -0.2) is 9.78 Å². The smallest absolute Gasteiger partial charge is 0.335 e. The molecule has 2 aromatic carbocycles. The van der Waals surface area contributed by atoms with Gasteiger partial charge in [-0.2, -0.15) is 0 Å². The molecule has 1 aromatic heterocycles. The van der Waals surface area contributed by atoms with E-state index in [0.717, 1.165) is 16.6 Å². The summed E-state index contributed by atoms with van der Waals surface area (Å²) in [6.07, 6.45) is 1.80. The molecule has 0 amide bonds. The van der Waals surface area contributed by atoms with Gasteiger partial charge in [-0.15, -0.1) is 0 Å². The van der Waals surface area contributed by atoms with Crippen LogP contribution < -0.4 is 0 Å². The number of fused-ring (bicyclic) bond motifs is 1. The van der Waals surface area contributed by atoms with Gasteiger partial charge in [-0.1, -0.05) is 12.1 Å². The zero-order valence-corrected chi connectivity index (χ0v) is 12.0. The van der Waals surface area contributed by atoms with E-state index in [4.69, 9.17) is 5.11 Å². The first-order chi connectivity index (χ1) is 10.0. The number of carbonyl (C=O) groups is 1. The molecule has 0 saturated carbocycles. The molecule has 3 rings (SSSR count). The van der Waals surface area contributed by atoms with Crippen molar-refractivity contribution in [3.63, 3.8) is 0 Å². The molecule has 0 fully saturated rings. The average Bonchev–Trinajstić information content (AvgIpc) is 2.82. The van der Waals surface area contributed by atoms with Gasteiger partial charge in [0.1, 0.15) is 0 Å². The van der Waals surface area contributed by atoms with Crippen molar-refractivity contribution in [2.75, 3.05) is 0 Å². The monoisotopic (exact) mass is 280 g/mol. The van der Waals surface area contributed by atoms with Gasteiger partial charge in [0.25, 0.3) is 0 Å². The van der Waals surface area contributed by atoms with Crippen LogP contribution in [0.1, 0.15) is 27.0 Å². The molecule has 0 aliphatic rings. The Labute approximate surface area is 122 Å². The molecule has 4 nitrogen and oxygen atoms in total. The minimum atomic E-state index is -0.904. The zero-order valence-electron chi connectivity index (χ0n) is 12.0. The number of nitrogens with zero attached hydrogens (tertiary/aromatic N) is 2. The number of rotatable bonds is 3. The van der Waals surface area contributed by atoms with E-state index in [-0.39, 0.29) is 0 Å². The van der Waals surface area contributed by atoms with E-state index in [1.54, 1.807) is 24.5 Å². The predicted molar refractivity (Wildman–Crippen MR) is 81.7 cm³/mol. The first kappa shape index (κ1) is 13.4. The standard InChI is InChI=1S/C17H16N2O2/c1-11-6-15-16(7-12(11)2)19(10-18-15)9-13-4-3-5-14(8-13)17(20)21/h3-8,10H,9H2,1-2H3,(H,20,21). The summed E-state index contributed by atoms with van der Waals surface area (Å²) >= 11 is 0. The first-order valence-electron chi connectivity index (χ1n) is 6.79. The molecule has 0 spiro atoms. The van der Waals surface area contributed by atoms with Gasteiger partial charge in [-0.3, -0.25) is 0 Å². The van der Waals surface area contributed by atoms with Gasteiger partial charge >= 0.3 is 5.97 Å². The van der Waals surface area contributed by atoms with Crippen LogP contribution in [-0.4, -0.2) is 20.6 Å². The lowest BCUT2D eigenvalue weighted by atomic mass is 10.1. The highest BCUT2D eigenvalue weighted by atomic mass is 16.4. The number of hydrogen-bond donors (Lipinski definition) is 1. The van der Waals surface area contributed by atoms with Crippen LogP contribution in [0.15, 0.2) is 42.7 Å². The lowest BCUT2D eigenvalue weighted by Crippen LogP contribution is -2.01. The third-order valence-electron chi connectivity index (χ3n) is 3.76. The summed E-state index contributed by atoms with van der Waals surface area (Å²) in [5, 5.41) is 9.05. The van der Waals surface area contributed by atoms with Gasteiger partial charge in [0.05, 0.1) is 22.9 Å².